The molecule has 0 radical (unpaired) electrons. The summed E-state index contributed by atoms with van der Waals surface area (Å²) in [4.78, 5) is 27.2. The van der Waals surface area contributed by atoms with Gasteiger partial charge in [0.25, 0.3) is 0 Å². The third-order valence-corrected chi connectivity index (χ3v) is 9.53. The molecule has 0 saturated heterocycles. The van der Waals surface area contributed by atoms with Gasteiger partial charge in [-0.05, 0) is 53.3 Å². The number of carbonyl (C=O) groups is 2. The molecular formula is C35H39ClN2O4. The maximum atomic E-state index is 11.4. The topological polar surface area (TPSA) is 81.1 Å². The lowest BCUT2D eigenvalue weighted by atomic mass is 9.80. The number of para-hydroxylation sites is 2. The monoisotopic (exact) mass is 586 g/mol. The van der Waals surface area contributed by atoms with Gasteiger partial charge in [0.1, 0.15) is 0 Å². The first-order chi connectivity index (χ1) is 19.9. The maximum absolute atomic E-state index is 11.4. The van der Waals surface area contributed by atoms with Crippen LogP contribution in [0.2, 0.25) is 0 Å². The molecule has 42 heavy (non-hydrogen) atoms. The minimum atomic E-state index is -0.817. The number of hydrogen-bond donors (Lipinski definition) is 2. The predicted molar refractivity (Wildman–Crippen MR) is 169 cm³/mol. The molecule has 2 heterocycles. The zero-order chi connectivity index (χ0) is 30.2. The Morgan fingerprint density at radius 3 is 2.19 bits per heavy atom. The molecule has 2 aromatic carbocycles. The number of halogens is 1. The summed E-state index contributed by atoms with van der Waals surface area (Å²) in [5.74, 6) is -1.62. The van der Waals surface area contributed by atoms with E-state index in [4.69, 9.17) is 11.6 Å². The number of rotatable bonds is 9. The average Bonchev–Trinajstić information content (AvgIpc) is 3.48. The van der Waals surface area contributed by atoms with Crippen LogP contribution in [0.1, 0.15) is 64.5 Å². The Morgan fingerprint density at radius 1 is 0.881 bits per heavy atom. The maximum Gasteiger partial charge on any atom is 0.305 e. The van der Waals surface area contributed by atoms with Crippen LogP contribution in [0.5, 0.6) is 0 Å². The second kappa shape index (κ2) is 11.5. The molecule has 1 unspecified atom stereocenters. The number of carboxylic acids is 2. The zero-order valence-electron chi connectivity index (χ0n) is 24.7. The van der Waals surface area contributed by atoms with E-state index in [1.165, 1.54) is 11.1 Å². The molecule has 220 valence electrons. The first-order valence-electron chi connectivity index (χ1n) is 14.6. The van der Waals surface area contributed by atoms with E-state index < -0.39 is 11.9 Å². The fraction of sp³-hybridized carbons (Fsp3) is 0.371. The van der Waals surface area contributed by atoms with Gasteiger partial charge in [0.05, 0.1) is 18.9 Å². The van der Waals surface area contributed by atoms with Gasteiger partial charge in [-0.1, -0.05) is 93.9 Å². The molecule has 0 saturated carbocycles. The zero-order valence-corrected chi connectivity index (χ0v) is 25.5. The Labute approximate surface area is 253 Å². The summed E-state index contributed by atoms with van der Waals surface area (Å²) in [6, 6.07) is 16.4. The Hall–Kier alpha value is -3.77. The summed E-state index contributed by atoms with van der Waals surface area (Å²) in [5, 5.41) is 19.5. The van der Waals surface area contributed by atoms with Crippen molar-refractivity contribution >= 4 is 34.9 Å². The van der Waals surface area contributed by atoms with Crippen molar-refractivity contribution in [3.05, 3.63) is 106 Å². The van der Waals surface area contributed by atoms with Gasteiger partial charge in [0.2, 0.25) is 0 Å². The Bertz CT molecular complexity index is 1530. The molecule has 1 atom stereocenters. The van der Waals surface area contributed by atoms with Gasteiger partial charge in [-0.3, -0.25) is 9.59 Å². The highest BCUT2D eigenvalue weighted by molar-refractivity contribution is 6.33. The fourth-order valence-corrected chi connectivity index (χ4v) is 7.09. The highest BCUT2D eigenvalue weighted by atomic mass is 35.5. The third-order valence-electron chi connectivity index (χ3n) is 9.05. The molecule has 1 aliphatic carbocycles. The molecule has 3 aliphatic rings. The summed E-state index contributed by atoms with van der Waals surface area (Å²) in [7, 11) is 0. The molecule has 0 bridgehead atoms. The van der Waals surface area contributed by atoms with Crippen LogP contribution in [0, 0.1) is 0 Å². The fourth-order valence-electron chi connectivity index (χ4n) is 6.77. The van der Waals surface area contributed by atoms with Crippen molar-refractivity contribution in [2.75, 3.05) is 22.9 Å². The third kappa shape index (κ3) is 5.40. The normalized spacial score (nSPS) is 22.5. The second-order valence-corrected chi connectivity index (χ2v) is 12.8. The van der Waals surface area contributed by atoms with Crippen LogP contribution >= 0.6 is 11.6 Å². The van der Waals surface area contributed by atoms with E-state index in [2.05, 4.69) is 86.1 Å². The van der Waals surface area contributed by atoms with Crippen LogP contribution < -0.4 is 9.80 Å². The van der Waals surface area contributed by atoms with Crippen molar-refractivity contribution in [3.8, 4) is 0 Å². The summed E-state index contributed by atoms with van der Waals surface area (Å²) in [6.45, 7) is 9.61. The smallest absolute Gasteiger partial charge is 0.305 e. The van der Waals surface area contributed by atoms with Crippen molar-refractivity contribution < 1.29 is 19.8 Å². The van der Waals surface area contributed by atoms with E-state index in [1.807, 2.05) is 24.3 Å². The molecular weight excluding hydrogens is 548 g/mol. The SMILES string of the molecule is CC1(C)C(=CC=C2CCC(C=CC3N(CCC(=O)O)c4ccccc4C3(C)C)=C2Cl)N(CCC(=O)O)c2ccccc21. The van der Waals surface area contributed by atoms with E-state index >= 15 is 0 Å². The lowest BCUT2D eigenvalue weighted by Gasteiger charge is -2.32. The first kappa shape index (κ1) is 29.7. The van der Waals surface area contributed by atoms with Gasteiger partial charge in [-0.25, -0.2) is 0 Å². The number of benzene rings is 2. The predicted octanol–water partition coefficient (Wildman–Crippen LogP) is 7.55. The number of hydrogen-bond acceptors (Lipinski definition) is 4. The number of carboxylic acid groups (broad SMARTS) is 2. The first-order valence-corrected chi connectivity index (χ1v) is 15.0. The molecule has 5 rings (SSSR count). The van der Waals surface area contributed by atoms with Crippen LogP contribution in [-0.4, -0.2) is 41.3 Å². The van der Waals surface area contributed by atoms with Crippen molar-refractivity contribution in [3.63, 3.8) is 0 Å². The summed E-state index contributed by atoms with van der Waals surface area (Å²) in [5.41, 5.74) is 7.27. The molecule has 2 N–H and O–H groups in total. The summed E-state index contributed by atoms with van der Waals surface area (Å²) < 4.78 is 0. The molecule has 7 heteroatoms. The summed E-state index contributed by atoms with van der Waals surface area (Å²) in [6.07, 6.45) is 10.3. The van der Waals surface area contributed by atoms with Crippen LogP contribution in [0.3, 0.4) is 0 Å². The lowest BCUT2D eigenvalue weighted by Crippen LogP contribution is -2.41. The largest absolute Gasteiger partial charge is 0.481 e. The Kier molecular flexibility index (Phi) is 8.13. The molecule has 0 aromatic heterocycles. The van der Waals surface area contributed by atoms with Crippen molar-refractivity contribution in [1.29, 1.82) is 0 Å². The minimum absolute atomic E-state index is 0.00181. The van der Waals surface area contributed by atoms with Gasteiger partial charge >= 0.3 is 11.9 Å². The van der Waals surface area contributed by atoms with Gasteiger partial charge in [0, 0.05) is 46.0 Å². The molecule has 0 amide bonds. The van der Waals surface area contributed by atoms with Gasteiger partial charge in [-0.2, -0.15) is 0 Å². The second-order valence-electron chi connectivity index (χ2n) is 12.4. The molecule has 2 aromatic rings. The molecule has 6 nitrogen and oxygen atoms in total. The van der Waals surface area contributed by atoms with E-state index in [0.29, 0.717) is 13.1 Å². The lowest BCUT2D eigenvalue weighted by molar-refractivity contribution is -0.137. The van der Waals surface area contributed by atoms with Gasteiger partial charge in [0.15, 0.2) is 0 Å². The van der Waals surface area contributed by atoms with Crippen LogP contribution in [0.4, 0.5) is 11.4 Å². The van der Waals surface area contributed by atoms with Crippen LogP contribution in [0.15, 0.2) is 94.7 Å². The number of anilines is 2. The van der Waals surface area contributed by atoms with E-state index in [9.17, 15) is 19.8 Å². The Morgan fingerprint density at radius 2 is 1.50 bits per heavy atom. The van der Waals surface area contributed by atoms with Gasteiger partial charge in [-0.15, -0.1) is 0 Å². The quantitative estimate of drug-likeness (QED) is 0.316. The summed E-state index contributed by atoms with van der Waals surface area (Å²) >= 11 is 6.96. The number of nitrogens with zero attached hydrogens (tertiary/aromatic N) is 2. The molecule has 2 aliphatic heterocycles. The van der Waals surface area contributed by atoms with E-state index in [-0.39, 0.29) is 29.7 Å². The molecule has 0 fully saturated rings. The molecule has 0 spiro atoms. The van der Waals surface area contributed by atoms with E-state index in [0.717, 1.165) is 46.1 Å². The number of allylic oxidation sites excluding steroid dienone is 7. The van der Waals surface area contributed by atoms with E-state index in [1.54, 1.807) is 0 Å². The van der Waals surface area contributed by atoms with Crippen molar-refractivity contribution in [2.24, 2.45) is 0 Å². The van der Waals surface area contributed by atoms with Crippen LogP contribution in [-0.2, 0) is 20.4 Å². The number of aliphatic carboxylic acids is 2. The number of fused-ring (bicyclic) bond motifs is 2. The Balaban J connectivity index is 1.43. The van der Waals surface area contributed by atoms with Crippen molar-refractivity contribution in [2.45, 2.75) is 70.3 Å². The average molecular weight is 587 g/mol. The highest BCUT2D eigenvalue weighted by Gasteiger charge is 2.43. The van der Waals surface area contributed by atoms with Crippen molar-refractivity contribution in [1.82, 2.24) is 0 Å². The standard InChI is InChI=1S/C35H39ClN2O4/c1-34(2)25-9-5-7-11-27(25)37(21-19-31(39)40)29(34)17-15-23-13-14-24(33(23)36)16-18-30-35(3,4)26-10-6-8-12-28(26)38(30)22-20-32(41)42/h5-12,15-18,29H,13-14,19-22H2,1-4H3,(H,39,40)(H,41,42). The minimum Gasteiger partial charge on any atom is -0.481 e. The van der Waals surface area contributed by atoms with Gasteiger partial charge < -0.3 is 20.0 Å². The van der Waals surface area contributed by atoms with Crippen LogP contribution in [0.25, 0.3) is 0 Å². The highest BCUT2D eigenvalue weighted by Crippen LogP contribution is 2.48.